The zero-order valence-corrected chi connectivity index (χ0v) is 19.1. The van der Waals surface area contributed by atoms with Crippen LogP contribution < -0.4 is 11.1 Å². The fraction of sp³-hybridized carbons (Fsp3) is 0.261. The summed E-state index contributed by atoms with van der Waals surface area (Å²) < 4.78 is 18.6. The Hall–Kier alpha value is -2.40. The van der Waals surface area contributed by atoms with Gasteiger partial charge in [0.05, 0.1) is 24.1 Å². The first kappa shape index (κ1) is 22.3. The van der Waals surface area contributed by atoms with Gasteiger partial charge in [0.25, 0.3) is 5.91 Å². The van der Waals surface area contributed by atoms with Gasteiger partial charge in [-0.1, -0.05) is 38.1 Å². The standard InChI is InChI=1S/C23H27N2O3PS/c1-4-28-29(27,16(2)3)15-17-7-9-18(10-8-17)23(26)25-21-14-19(11-12-20(21)24)22-6-5-13-30-22/h5-14,16H,4,15,24H2,1-3H3,(H,25,26). The third kappa shape index (κ3) is 5.20. The summed E-state index contributed by atoms with van der Waals surface area (Å²) in [7, 11) is -2.76. The lowest BCUT2D eigenvalue weighted by atomic mass is 10.1. The summed E-state index contributed by atoms with van der Waals surface area (Å²) in [5, 5.41) is 4.91. The van der Waals surface area contributed by atoms with Crippen molar-refractivity contribution < 1.29 is 13.9 Å². The monoisotopic (exact) mass is 442 g/mol. The number of hydrogen-bond acceptors (Lipinski definition) is 5. The molecule has 30 heavy (non-hydrogen) atoms. The van der Waals surface area contributed by atoms with Crippen LogP contribution in [0.15, 0.2) is 60.0 Å². The second-order valence-electron chi connectivity index (χ2n) is 7.33. The van der Waals surface area contributed by atoms with Crippen molar-refractivity contribution in [2.45, 2.75) is 32.6 Å². The molecule has 158 valence electrons. The summed E-state index contributed by atoms with van der Waals surface area (Å²) in [5.74, 6) is -0.242. The summed E-state index contributed by atoms with van der Waals surface area (Å²) >= 11 is 1.63. The van der Waals surface area contributed by atoms with Crippen molar-refractivity contribution in [3.8, 4) is 10.4 Å². The van der Waals surface area contributed by atoms with Gasteiger partial charge in [0.2, 0.25) is 7.37 Å². The maximum absolute atomic E-state index is 13.0. The number of amides is 1. The molecule has 1 aromatic heterocycles. The lowest BCUT2D eigenvalue weighted by Gasteiger charge is -2.21. The fourth-order valence-electron chi connectivity index (χ4n) is 3.07. The van der Waals surface area contributed by atoms with Crippen LogP contribution in [0.25, 0.3) is 10.4 Å². The van der Waals surface area contributed by atoms with Gasteiger partial charge in [0.1, 0.15) is 0 Å². The molecule has 0 aliphatic rings. The van der Waals surface area contributed by atoms with Crippen LogP contribution in [0.1, 0.15) is 36.7 Å². The van der Waals surface area contributed by atoms with Crippen LogP contribution in [-0.2, 0) is 15.3 Å². The molecule has 1 heterocycles. The second kappa shape index (κ2) is 9.61. The molecule has 0 bridgehead atoms. The molecule has 0 saturated heterocycles. The van der Waals surface area contributed by atoms with Crippen molar-refractivity contribution in [1.82, 2.24) is 0 Å². The highest BCUT2D eigenvalue weighted by atomic mass is 32.1. The number of anilines is 2. The molecular formula is C23H27N2O3PS. The summed E-state index contributed by atoms with van der Waals surface area (Å²) in [4.78, 5) is 13.8. The minimum atomic E-state index is -2.76. The number of rotatable bonds is 8. The molecular weight excluding hydrogens is 415 g/mol. The van der Waals surface area contributed by atoms with E-state index in [1.807, 2.05) is 62.5 Å². The Labute approximate surface area is 181 Å². The molecule has 1 amide bonds. The minimum Gasteiger partial charge on any atom is -0.397 e. The largest absolute Gasteiger partial charge is 0.397 e. The molecule has 0 aliphatic heterocycles. The van der Waals surface area contributed by atoms with Crippen molar-refractivity contribution in [2.24, 2.45) is 0 Å². The molecule has 5 nitrogen and oxygen atoms in total. The van der Waals surface area contributed by atoms with E-state index in [1.54, 1.807) is 29.5 Å². The molecule has 3 N–H and O–H groups in total. The zero-order chi connectivity index (χ0) is 21.7. The third-order valence-electron chi connectivity index (χ3n) is 4.86. The number of thiophene rings is 1. The Morgan fingerprint density at radius 1 is 1.17 bits per heavy atom. The van der Waals surface area contributed by atoms with E-state index < -0.39 is 7.37 Å². The molecule has 0 spiro atoms. The molecule has 1 unspecified atom stereocenters. The van der Waals surface area contributed by atoms with Gasteiger partial charge < -0.3 is 15.6 Å². The topological polar surface area (TPSA) is 81.4 Å². The minimum absolute atomic E-state index is 0.0565. The van der Waals surface area contributed by atoms with E-state index in [1.165, 1.54) is 0 Å². The molecule has 0 fully saturated rings. The van der Waals surface area contributed by atoms with E-state index in [0.717, 1.165) is 16.0 Å². The summed E-state index contributed by atoms with van der Waals surface area (Å²) in [5.41, 5.74) is 9.50. The second-order valence-corrected chi connectivity index (χ2v) is 11.3. The molecule has 2 aromatic carbocycles. The highest BCUT2D eigenvalue weighted by molar-refractivity contribution is 7.58. The van der Waals surface area contributed by atoms with Crippen molar-refractivity contribution in [3.63, 3.8) is 0 Å². The SMILES string of the molecule is CCOP(=O)(Cc1ccc(C(=O)Nc2cc(-c3cccs3)ccc2N)cc1)C(C)C. The number of nitrogen functional groups attached to an aromatic ring is 1. The van der Waals surface area contributed by atoms with Crippen LogP contribution in [0.3, 0.4) is 0 Å². The van der Waals surface area contributed by atoms with E-state index in [0.29, 0.717) is 29.7 Å². The first-order valence-electron chi connectivity index (χ1n) is 9.89. The Bertz CT molecular complexity index is 1050. The fourth-order valence-corrected chi connectivity index (χ4v) is 5.70. The normalized spacial score (nSPS) is 13.2. The lowest BCUT2D eigenvalue weighted by Crippen LogP contribution is -2.13. The van der Waals surface area contributed by atoms with Crippen LogP contribution in [0.5, 0.6) is 0 Å². The number of nitrogens with two attached hydrogens (primary N) is 1. The van der Waals surface area contributed by atoms with Crippen molar-refractivity contribution in [2.75, 3.05) is 17.7 Å². The van der Waals surface area contributed by atoms with Crippen LogP contribution in [-0.4, -0.2) is 18.2 Å². The third-order valence-corrected chi connectivity index (χ3v) is 8.85. The van der Waals surface area contributed by atoms with Gasteiger partial charge in [-0.3, -0.25) is 9.36 Å². The van der Waals surface area contributed by atoms with Gasteiger partial charge in [0, 0.05) is 16.1 Å². The van der Waals surface area contributed by atoms with E-state index in [2.05, 4.69) is 5.32 Å². The quantitative estimate of drug-likeness (QED) is 0.309. The Morgan fingerprint density at radius 3 is 2.50 bits per heavy atom. The number of carbonyl (C=O) groups excluding carboxylic acids is 1. The number of nitrogens with one attached hydrogen (secondary N) is 1. The van der Waals surface area contributed by atoms with Crippen LogP contribution in [0, 0.1) is 0 Å². The Balaban J connectivity index is 1.74. The molecule has 0 radical (unpaired) electrons. The summed E-state index contributed by atoms with van der Waals surface area (Å²) in [6, 6.07) is 16.8. The van der Waals surface area contributed by atoms with E-state index in [9.17, 15) is 9.36 Å². The van der Waals surface area contributed by atoms with Crippen LogP contribution >= 0.6 is 18.7 Å². The summed E-state index contributed by atoms with van der Waals surface area (Å²) in [6.07, 6.45) is 0.357. The first-order chi connectivity index (χ1) is 14.3. The first-order valence-corrected chi connectivity index (χ1v) is 12.6. The zero-order valence-electron chi connectivity index (χ0n) is 17.4. The van der Waals surface area contributed by atoms with Crippen LogP contribution in [0.4, 0.5) is 11.4 Å². The maximum Gasteiger partial charge on any atom is 0.255 e. The van der Waals surface area contributed by atoms with Gasteiger partial charge >= 0.3 is 0 Å². The molecule has 0 aliphatic carbocycles. The molecule has 3 rings (SSSR count). The number of hydrogen-bond donors (Lipinski definition) is 2. The highest BCUT2D eigenvalue weighted by Crippen LogP contribution is 2.54. The van der Waals surface area contributed by atoms with Gasteiger partial charge in [-0.2, -0.15) is 0 Å². The van der Waals surface area contributed by atoms with E-state index >= 15 is 0 Å². The average Bonchev–Trinajstić information content (AvgIpc) is 3.25. The number of carbonyl (C=O) groups is 1. The highest BCUT2D eigenvalue weighted by Gasteiger charge is 2.27. The summed E-state index contributed by atoms with van der Waals surface area (Å²) in [6.45, 7) is 6.09. The van der Waals surface area contributed by atoms with Crippen LogP contribution in [0.2, 0.25) is 0 Å². The predicted molar refractivity (Wildman–Crippen MR) is 127 cm³/mol. The van der Waals surface area contributed by atoms with E-state index in [4.69, 9.17) is 10.3 Å². The van der Waals surface area contributed by atoms with Gasteiger partial charge in [0.15, 0.2) is 0 Å². The lowest BCUT2D eigenvalue weighted by molar-refractivity contribution is 0.102. The average molecular weight is 443 g/mol. The van der Waals surface area contributed by atoms with Crippen molar-refractivity contribution >= 4 is 36.0 Å². The Morgan fingerprint density at radius 2 is 1.90 bits per heavy atom. The molecule has 0 saturated carbocycles. The molecule has 7 heteroatoms. The number of benzene rings is 2. The van der Waals surface area contributed by atoms with Gasteiger partial charge in [-0.15, -0.1) is 11.3 Å². The molecule has 1 atom stereocenters. The van der Waals surface area contributed by atoms with Gasteiger partial charge in [-0.25, -0.2) is 0 Å². The molecule has 3 aromatic rings. The van der Waals surface area contributed by atoms with E-state index in [-0.39, 0.29) is 11.6 Å². The predicted octanol–water partition coefficient (Wildman–Crippen LogP) is 6.47. The van der Waals surface area contributed by atoms with Crippen molar-refractivity contribution in [3.05, 3.63) is 71.1 Å². The van der Waals surface area contributed by atoms with Gasteiger partial charge in [-0.05, 0) is 53.8 Å². The smallest absolute Gasteiger partial charge is 0.255 e. The maximum atomic E-state index is 13.0. The van der Waals surface area contributed by atoms with Crippen molar-refractivity contribution in [1.29, 1.82) is 0 Å². The Kier molecular flexibility index (Phi) is 7.14.